The Morgan fingerprint density at radius 1 is 1.39 bits per heavy atom. The first kappa shape index (κ1) is 14.8. The van der Waals surface area contributed by atoms with Crippen LogP contribution in [0.25, 0.3) is 0 Å². The van der Waals surface area contributed by atoms with E-state index >= 15 is 0 Å². The van der Waals surface area contributed by atoms with Crippen molar-refractivity contribution < 1.29 is 23.1 Å². The van der Waals surface area contributed by atoms with Crippen molar-refractivity contribution in [1.29, 1.82) is 0 Å². The van der Waals surface area contributed by atoms with Crippen molar-refractivity contribution in [2.24, 2.45) is 5.92 Å². The van der Waals surface area contributed by atoms with Gasteiger partial charge in [-0.1, -0.05) is 30.7 Å². The second-order valence-corrected chi connectivity index (χ2v) is 4.56. The Bertz CT molecular complexity index is 457. The number of alkyl halides is 3. The Labute approximate surface area is 107 Å². The number of benzene rings is 1. The van der Waals surface area contributed by atoms with Gasteiger partial charge >= 0.3 is 12.1 Å². The fourth-order valence-electron chi connectivity index (χ4n) is 1.70. The SMILES string of the molecule is Cc1cc(C(C(=O)O)C(C)C(F)(F)F)ccc1Cl. The van der Waals surface area contributed by atoms with Crippen LogP contribution in [0.15, 0.2) is 18.2 Å². The normalized spacial score (nSPS) is 15.2. The molecule has 0 aromatic heterocycles. The van der Waals surface area contributed by atoms with Crippen LogP contribution in [0.3, 0.4) is 0 Å². The first-order valence-electron chi connectivity index (χ1n) is 5.20. The number of hydrogen-bond donors (Lipinski definition) is 1. The van der Waals surface area contributed by atoms with Gasteiger partial charge < -0.3 is 5.11 Å². The van der Waals surface area contributed by atoms with E-state index in [0.717, 1.165) is 6.92 Å². The van der Waals surface area contributed by atoms with Crippen LogP contribution in [0.4, 0.5) is 13.2 Å². The average molecular weight is 281 g/mol. The van der Waals surface area contributed by atoms with Gasteiger partial charge in [-0.2, -0.15) is 13.2 Å². The average Bonchev–Trinajstić information content (AvgIpc) is 2.21. The van der Waals surface area contributed by atoms with Gasteiger partial charge in [0.25, 0.3) is 0 Å². The molecule has 2 atom stereocenters. The molecular weight excluding hydrogens is 269 g/mol. The molecule has 100 valence electrons. The molecule has 0 saturated heterocycles. The highest BCUT2D eigenvalue weighted by atomic mass is 35.5. The van der Waals surface area contributed by atoms with Gasteiger partial charge in [0.1, 0.15) is 0 Å². The number of carbonyl (C=O) groups is 1. The predicted molar refractivity (Wildman–Crippen MR) is 61.8 cm³/mol. The smallest absolute Gasteiger partial charge is 0.392 e. The lowest BCUT2D eigenvalue weighted by Crippen LogP contribution is -2.31. The maximum atomic E-state index is 12.6. The largest absolute Gasteiger partial charge is 0.481 e. The molecule has 0 amide bonds. The van der Waals surface area contributed by atoms with Crippen molar-refractivity contribution in [2.45, 2.75) is 25.9 Å². The summed E-state index contributed by atoms with van der Waals surface area (Å²) in [6.45, 7) is 2.48. The molecule has 0 spiro atoms. The molecule has 0 bridgehead atoms. The molecule has 6 heteroatoms. The van der Waals surface area contributed by atoms with Gasteiger partial charge in [-0.25, -0.2) is 0 Å². The number of aryl methyl sites for hydroxylation is 1. The third-order valence-electron chi connectivity index (χ3n) is 2.82. The van der Waals surface area contributed by atoms with Crippen LogP contribution < -0.4 is 0 Å². The Morgan fingerprint density at radius 2 is 1.94 bits per heavy atom. The standard InChI is InChI=1S/C12H12ClF3O2/c1-6-5-8(3-4-9(6)13)10(11(17)18)7(2)12(14,15)16/h3-5,7,10H,1-2H3,(H,17,18). The van der Waals surface area contributed by atoms with E-state index in [1.807, 2.05) is 0 Å². The first-order valence-corrected chi connectivity index (χ1v) is 5.58. The molecule has 0 aliphatic rings. The second kappa shape index (κ2) is 5.18. The summed E-state index contributed by atoms with van der Waals surface area (Å²) in [5.41, 5.74) is 0.656. The van der Waals surface area contributed by atoms with Crippen molar-refractivity contribution in [3.8, 4) is 0 Å². The molecule has 0 fully saturated rings. The minimum atomic E-state index is -4.56. The van der Waals surface area contributed by atoms with Crippen molar-refractivity contribution in [3.05, 3.63) is 34.3 Å². The van der Waals surface area contributed by atoms with Crippen LogP contribution in [0, 0.1) is 12.8 Å². The number of carboxylic acid groups (broad SMARTS) is 1. The van der Waals surface area contributed by atoms with Crippen LogP contribution in [0.1, 0.15) is 24.0 Å². The lowest BCUT2D eigenvalue weighted by atomic mass is 9.86. The molecule has 1 rings (SSSR count). The van der Waals surface area contributed by atoms with Crippen LogP contribution in [-0.4, -0.2) is 17.3 Å². The third-order valence-corrected chi connectivity index (χ3v) is 3.25. The second-order valence-electron chi connectivity index (χ2n) is 4.15. The highest BCUT2D eigenvalue weighted by Gasteiger charge is 2.45. The van der Waals surface area contributed by atoms with Gasteiger partial charge in [-0.05, 0) is 24.1 Å². The van der Waals surface area contributed by atoms with E-state index in [-0.39, 0.29) is 5.56 Å². The Morgan fingerprint density at radius 3 is 2.33 bits per heavy atom. The lowest BCUT2D eigenvalue weighted by Gasteiger charge is -2.23. The molecule has 2 nitrogen and oxygen atoms in total. The summed E-state index contributed by atoms with van der Waals surface area (Å²) >= 11 is 5.76. The Balaban J connectivity index is 3.21. The monoisotopic (exact) mass is 280 g/mol. The van der Waals surface area contributed by atoms with E-state index in [1.165, 1.54) is 18.2 Å². The number of halogens is 4. The molecule has 0 aliphatic heterocycles. The van der Waals surface area contributed by atoms with Crippen molar-refractivity contribution in [1.82, 2.24) is 0 Å². The summed E-state index contributed by atoms with van der Waals surface area (Å²) in [4.78, 5) is 11.1. The van der Waals surface area contributed by atoms with Gasteiger partial charge in [-0.3, -0.25) is 4.79 Å². The topological polar surface area (TPSA) is 37.3 Å². The van der Waals surface area contributed by atoms with Crippen LogP contribution in [0.2, 0.25) is 5.02 Å². The fourth-order valence-corrected chi connectivity index (χ4v) is 1.81. The molecule has 0 saturated carbocycles. The summed E-state index contributed by atoms with van der Waals surface area (Å²) in [5, 5.41) is 9.38. The predicted octanol–water partition coefficient (Wildman–Crippen LogP) is 4.02. The zero-order valence-corrected chi connectivity index (χ0v) is 10.5. The molecule has 18 heavy (non-hydrogen) atoms. The van der Waals surface area contributed by atoms with E-state index < -0.39 is 24.0 Å². The van der Waals surface area contributed by atoms with E-state index in [2.05, 4.69) is 0 Å². The van der Waals surface area contributed by atoms with E-state index in [1.54, 1.807) is 6.92 Å². The van der Waals surface area contributed by atoms with Crippen molar-refractivity contribution in [2.75, 3.05) is 0 Å². The summed E-state index contributed by atoms with van der Waals surface area (Å²) < 4.78 is 37.9. The summed E-state index contributed by atoms with van der Waals surface area (Å²) in [6, 6.07) is 4.10. The summed E-state index contributed by atoms with van der Waals surface area (Å²) in [5.74, 6) is -5.09. The third kappa shape index (κ3) is 3.16. The molecule has 0 radical (unpaired) electrons. The van der Waals surface area contributed by atoms with Gasteiger partial charge in [0, 0.05) is 5.02 Å². The summed E-state index contributed by atoms with van der Waals surface area (Å²) in [6.07, 6.45) is -4.56. The van der Waals surface area contributed by atoms with Gasteiger partial charge in [0.15, 0.2) is 0 Å². The molecule has 1 aromatic carbocycles. The minimum absolute atomic E-state index is 0.106. The van der Waals surface area contributed by atoms with Crippen molar-refractivity contribution in [3.63, 3.8) is 0 Å². The van der Waals surface area contributed by atoms with E-state index in [0.29, 0.717) is 10.6 Å². The minimum Gasteiger partial charge on any atom is -0.481 e. The van der Waals surface area contributed by atoms with Crippen LogP contribution in [0.5, 0.6) is 0 Å². The lowest BCUT2D eigenvalue weighted by molar-refractivity contribution is -0.183. The van der Waals surface area contributed by atoms with Crippen LogP contribution in [-0.2, 0) is 4.79 Å². The fraction of sp³-hybridized carbons (Fsp3) is 0.417. The number of hydrogen-bond acceptors (Lipinski definition) is 1. The zero-order valence-electron chi connectivity index (χ0n) is 9.75. The maximum Gasteiger partial charge on any atom is 0.392 e. The highest BCUT2D eigenvalue weighted by molar-refractivity contribution is 6.31. The number of aliphatic carboxylic acids is 1. The quantitative estimate of drug-likeness (QED) is 0.908. The number of rotatable bonds is 3. The first-order chi connectivity index (χ1) is 8.14. The van der Waals surface area contributed by atoms with Gasteiger partial charge in [-0.15, -0.1) is 0 Å². The van der Waals surface area contributed by atoms with E-state index in [9.17, 15) is 18.0 Å². The summed E-state index contributed by atoms with van der Waals surface area (Å²) in [7, 11) is 0. The van der Waals surface area contributed by atoms with Crippen LogP contribution >= 0.6 is 11.6 Å². The highest BCUT2D eigenvalue weighted by Crippen LogP contribution is 2.38. The van der Waals surface area contributed by atoms with Gasteiger partial charge in [0.2, 0.25) is 0 Å². The molecular formula is C12H12ClF3O2. The van der Waals surface area contributed by atoms with E-state index in [4.69, 9.17) is 16.7 Å². The molecule has 1 N–H and O–H groups in total. The maximum absolute atomic E-state index is 12.6. The molecule has 2 unspecified atom stereocenters. The van der Waals surface area contributed by atoms with Gasteiger partial charge in [0.05, 0.1) is 11.8 Å². The van der Waals surface area contributed by atoms with Crippen molar-refractivity contribution >= 4 is 17.6 Å². The molecule has 0 aliphatic carbocycles. The molecule has 1 aromatic rings. The molecule has 0 heterocycles. The Kier molecular flexibility index (Phi) is 4.27. The Hall–Kier alpha value is -1.23. The number of carboxylic acids is 1. The zero-order chi connectivity index (χ0) is 14.1.